The Morgan fingerprint density at radius 3 is 2.56 bits per heavy atom. The van der Waals surface area contributed by atoms with Crippen LogP contribution in [0.1, 0.15) is 12.5 Å². The zero-order valence-electron chi connectivity index (χ0n) is 19.2. The van der Waals surface area contributed by atoms with Gasteiger partial charge in [-0.3, -0.25) is 0 Å². The molecular weight excluding hydrogens is 426 g/mol. The smallest absolute Gasteiger partial charge is 0.231 e. The molecule has 0 fully saturated rings. The number of benzene rings is 4. The van der Waals surface area contributed by atoms with Crippen molar-refractivity contribution in [2.24, 2.45) is 0 Å². The van der Waals surface area contributed by atoms with Gasteiger partial charge in [-0.1, -0.05) is 18.2 Å². The second-order valence-electron chi connectivity index (χ2n) is 8.72. The molecule has 1 aromatic heterocycles. The molecule has 4 aromatic carbocycles. The Labute approximate surface area is 197 Å². The van der Waals surface area contributed by atoms with Crippen molar-refractivity contribution >= 4 is 32.4 Å². The van der Waals surface area contributed by atoms with Gasteiger partial charge in [-0.05, 0) is 55.0 Å². The van der Waals surface area contributed by atoms with Gasteiger partial charge in [-0.15, -0.1) is 0 Å². The van der Waals surface area contributed by atoms with Crippen molar-refractivity contribution in [3.8, 4) is 34.3 Å². The summed E-state index contributed by atoms with van der Waals surface area (Å²) in [7, 11) is 1.70. The van der Waals surface area contributed by atoms with E-state index in [0.717, 1.165) is 63.4 Å². The van der Waals surface area contributed by atoms with Crippen LogP contribution in [0, 0.1) is 0 Å². The summed E-state index contributed by atoms with van der Waals surface area (Å²) in [6.45, 7) is 3.72. The van der Waals surface area contributed by atoms with E-state index in [0.29, 0.717) is 6.61 Å². The zero-order valence-corrected chi connectivity index (χ0v) is 19.2. The summed E-state index contributed by atoms with van der Waals surface area (Å²) in [5, 5.41) is 5.81. The Balaban J connectivity index is 1.74. The molecular formula is C29H24NO4+. The first kappa shape index (κ1) is 19.5. The zero-order chi connectivity index (χ0) is 22.8. The van der Waals surface area contributed by atoms with Crippen LogP contribution in [-0.4, -0.2) is 20.5 Å². The fraction of sp³-hybridized carbons (Fsp3) is 0.207. The molecule has 0 unspecified atom stereocenters. The average molecular weight is 451 g/mol. The van der Waals surface area contributed by atoms with Gasteiger partial charge in [0.05, 0.1) is 24.5 Å². The summed E-state index contributed by atoms with van der Waals surface area (Å²) in [5.41, 5.74) is 4.85. The Hall–Kier alpha value is -3.99. The first-order valence-corrected chi connectivity index (χ1v) is 11.7. The molecule has 7 rings (SSSR count). The van der Waals surface area contributed by atoms with Crippen LogP contribution < -0.4 is 23.5 Å². The minimum Gasteiger partial charge on any atom is -0.493 e. The van der Waals surface area contributed by atoms with E-state index in [1.807, 2.05) is 13.0 Å². The molecule has 34 heavy (non-hydrogen) atoms. The first-order chi connectivity index (χ1) is 16.8. The number of nitrogens with zero attached hydrogens (tertiary/aromatic N) is 1. The minimum atomic E-state index is 0.274. The lowest BCUT2D eigenvalue weighted by atomic mass is 9.90. The predicted octanol–water partition coefficient (Wildman–Crippen LogP) is 5.79. The number of ether oxygens (including phenoxy) is 4. The molecule has 3 heterocycles. The van der Waals surface area contributed by atoms with Crippen molar-refractivity contribution < 1.29 is 23.5 Å². The Kier molecular flexibility index (Phi) is 4.16. The lowest BCUT2D eigenvalue weighted by Gasteiger charge is -2.21. The molecule has 0 amide bonds. The van der Waals surface area contributed by atoms with Gasteiger partial charge in [0.25, 0.3) is 0 Å². The first-order valence-electron chi connectivity index (χ1n) is 11.7. The molecule has 2 aliphatic rings. The molecule has 168 valence electrons. The number of pyridine rings is 1. The van der Waals surface area contributed by atoms with Gasteiger partial charge in [0.2, 0.25) is 18.0 Å². The normalized spacial score (nSPS) is 13.8. The standard InChI is InChI=1S/C29H24NO4/c1-3-32-29-22(31-2)12-11-19-20-9-10-21-24-18(15-23-28(21)34-16-33-23)13-14-30(27(20)24)26(25(19)29)17-7-5-4-6-8-17/h4-12,15H,3,13-14,16H2,1-2H3/q+1. The highest BCUT2D eigenvalue weighted by molar-refractivity contribution is 6.19. The third-order valence-corrected chi connectivity index (χ3v) is 7.04. The molecule has 0 spiro atoms. The fourth-order valence-corrected chi connectivity index (χ4v) is 5.71. The highest BCUT2D eigenvalue weighted by Gasteiger charge is 2.34. The van der Waals surface area contributed by atoms with Crippen molar-refractivity contribution in [3.63, 3.8) is 0 Å². The van der Waals surface area contributed by atoms with Crippen LogP contribution in [0.4, 0.5) is 0 Å². The highest BCUT2D eigenvalue weighted by atomic mass is 16.7. The van der Waals surface area contributed by atoms with Crippen LogP contribution in [0.25, 0.3) is 43.7 Å². The van der Waals surface area contributed by atoms with Crippen LogP contribution in [0.5, 0.6) is 23.0 Å². The van der Waals surface area contributed by atoms with Crippen LogP contribution in [-0.2, 0) is 13.0 Å². The minimum absolute atomic E-state index is 0.274. The molecule has 0 bridgehead atoms. The summed E-state index contributed by atoms with van der Waals surface area (Å²) < 4.78 is 26.1. The molecule has 5 nitrogen and oxygen atoms in total. The number of aromatic nitrogens is 1. The number of methoxy groups -OCH3 is 1. The SMILES string of the molecule is CCOc1c(OC)ccc2c1c(-c1ccccc1)[n+]1c3c2ccc2c4c(cc(c23)CC1)OCO4. The maximum absolute atomic E-state index is 6.24. The quantitative estimate of drug-likeness (QED) is 0.257. The van der Waals surface area contributed by atoms with E-state index < -0.39 is 0 Å². The van der Waals surface area contributed by atoms with E-state index >= 15 is 0 Å². The summed E-state index contributed by atoms with van der Waals surface area (Å²) >= 11 is 0. The topological polar surface area (TPSA) is 40.8 Å². The maximum atomic E-state index is 6.24. The van der Waals surface area contributed by atoms with Gasteiger partial charge < -0.3 is 18.9 Å². The van der Waals surface area contributed by atoms with Crippen molar-refractivity contribution in [2.45, 2.75) is 19.9 Å². The van der Waals surface area contributed by atoms with Crippen LogP contribution in [0.15, 0.2) is 60.7 Å². The molecule has 0 saturated heterocycles. The van der Waals surface area contributed by atoms with Gasteiger partial charge in [0.1, 0.15) is 5.39 Å². The average Bonchev–Trinajstić information content (AvgIpc) is 3.36. The van der Waals surface area contributed by atoms with Crippen LogP contribution in [0.2, 0.25) is 0 Å². The van der Waals surface area contributed by atoms with Crippen LogP contribution >= 0.6 is 0 Å². The molecule has 0 saturated carbocycles. The van der Waals surface area contributed by atoms with E-state index in [2.05, 4.69) is 59.2 Å². The summed E-state index contributed by atoms with van der Waals surface area (Å²) in [4.78, 5) is 0. The number of aryl methyl sites for hydroxylation is 2. The van der Waals surface area contributed by atoms with E-state index in [4.69, 9.17) is 18.9 Å². The molecule has 0 aliphatic carbocycles. The van der Waals surface area contributed by atoms with Gasteiger partial charge in [-0.25, -0.2) is 0 Å². The number of hydrogen-bond donors (Lipinski definition) is 0. The molecule has 5 heteroatoms. The highest BCUT2D eigenvalue weighted by Crippen LogP contribution is 2.48. The van der Waals surface area contributed by atoms with Crippen molar-refractivity contribution in [1.82, 2.24) is 0 Å². The lowest BCUT2D eigenvalue weighted by molar-refractivity contribution is -0.659. The van der Waals surface area contributed by atoms with Gasteiger partial charge >= 0.3 is 0 Å². The predicted molar refractivity (Wildman–Crippen MR) is 132 cm³/mol. The third kappa shape index (κ3) is 2.52. The van der Waals surface area contributed by atoms with E-state index in [9.17, 15) is 0 Å². The van der Waals surface area contributed by atoms with Gasteiger partial charge in [0, 0.05) is 22.8 Å². The molecule has 0 atom stereocenters. The molecule has 0 radical (unpaired) electrons. The third-order valence-electron chi connectivity index (χ3n) is 7.04. The Morgan fingerprint density at radius 1 is 0.912 bits per heavy atom. The molecule has 0 N–H and O–H groups in total. The van der Waals surface area contributed by atoms with E-state index in [1.54, 1.807) is 7.11 Å². The number of hydrogen-bond acceptors (Lipinski definition) is 4. The number of fused-ring (bicyclic) bond motifs is 4. The molecule has 5 aromatic rings. The Morgan fingerprint density at radius 2 is 1.74 bits per heavy atom. The Bertz CT molecular complexity index is 1630. The van der Waals surface area contributed by atoms with Crippen molar-refractivity contribution in [2.75, 3.05) is 20.5 Å². The van der Waals surface area contributed by atoms with Crippen molar-refractivity contribution in [3.05, 3.63) is 66.2 Å². The van der Waals surface area contributed by atoms with Gasteiger partial charge in [0.15, 0.2) is 29.5 Å². The van der Waals surface area contributed by atoms with E-state index in [-0.39, 0.29) is 6.79 Å². The second-order valence-corrected chi connectivity index (χ2v) is 8.72. The van der Waals surface area contributed by atoms with Crippen molar-refractivity contribution in [1.29, 1.82) is 0 Å². The summed E-state index contributed by atoms with van der Waals surface area (Å²) in [5.74, 6) is 3.24. The van der Waals surface area contributed by atoms with Gasteiger partial charge in [-0.2, -0.15) is 4.57 Å². The fourth-order valence-electron chi connectivity index (χ4n) is 5.71. The van der Waals surface area contributed by atoms with Crippen LogP contribution in [0.3, 0.4) is 0 Å². The second kappa shape index (κ2) is 7.26. The lowest BCUT2D eigenvalue weighted by Crippen LogP contribution is -2.41. The monoisotopic (exact) mass is 450 g/mol. The maximum Gasteiger partial charge on any atom is 0.231 e. The largest absolute Gasteiger partial charge is 0.493 e. The number of rotatable bonds is 4. The summed E-state index contributed by atoms with van der Waals surface area (Å²) in [6.07, 6.45) is 0.920. The molecule has 2 aliphatic heterocycles. The summed E-state index contributed by atoms with van der Waals surface area (Å²) in [6, 6.07) is 21.3. The van der Waals surface area contributed by atoms with E-state index in [1.165, 1.54) is 21.9 Å².